The van der Waals surface area contributed by atoms with E-state index in [1.54, 1.807) is 6.20 Å². The van der Waals surface area contributed by atoms with Gasteiger partial charge in [0.05, 0.1) is 17.3 Å². The minimum absolute atomic E-state index is 0.0272. The summed E-state index contributed by atoms with van der Waals surface area (Å²) >= 11 is 11.9. The Morgan fingerprint density at radius 2 is 1.76 bits per heavy atom. The maximum atomic E-state index is 12.7. The molecule has 2 aromatic rings. The lowest BCUT2D eigenvalue weighted by Gasteiger charge is -2.38. The largest absolute Gasteiger partial charge is 0.334 e. The highest BCUT2D eigenvalue weighted by Crippen LogP contribution is 2.40. The molecule has 132 valence electrons. The highest BCUT2D eigenvalue weighted by molar-refractivity contribution is 6.30. The number of nitrogens with one attached hydrogen (secondary N) is 1. The molecule has 2 unspecified atom stereocenters. The molecule has 1 aromatic carbocycles. The van der Waals surface area contributed by atoms with Gasteiger partial charge in [-0.1, -0.05) is 35.3 Å². The quantitative estimate of drug-likeness (QED) is 0.866. The highest BCUT2D eigenvalue weighted by atomic mass is 35.5. The van der Waals surface area contributed by atoms with Crippen LogP contribution < -0.4 is 5.32 Å². The molecule has 4 rings (SSSR count). The first-order valence-electron chi connectivity index (χ1n) is 8.60. The smallest absolute Gasteiger partial charge is 0.318 e. The molecule has 2 aliphatic rings. The summed E-state index contributed by atoms with van der Waals surface area (Å²) in [5, 5.41) is 8.76. The van der Waals surface area contributed by atoms with Crippen LogP contribution in [0.25, 0.3) is 0 Å². The van der Waals surface area contributed by atoms with E-state index in [1.165, 1.54) is 0 Å². The molecule has 7 heteroatoms. The molecule has 1 N–H and O–H groups in total. The normalized spacial score (nSPS) is 25.2. The van der Waals surface area contributed by atoms with E-state index in [9.17, 15) is 4.79 Å². The van der Waals surface area contributed by atoms with Gasteiger partial charge in [0.1, 0.15) is 0 Å². The predicted octanol–water partition coefficient (Wildman–Crippen LogP) is 4.27. The lowest BCUT2D eigenvalue weighted by atomic mass is 9.98. The van der Waals surface area contributed by atoms with E-state index in [1.807, 2.05) is 40.0 Å². The van der Waals surface area contributed by atoms with Gasteiger partial charge in [0.25, 0.3) is 0 Å². The van der Waals surface area contributed by atoms with Gasteiger partial charge in [-0.25, -0.2) is 4.79 Å². The van der Waals surface area contributed by atoms with Crippen LogP contribution in [0.2, 0.25) is 10.0 Å². The van der Waals surface area contributed by atoms with E-state index in [0.29, 0.717) is 22.6 Å². The lowest BCUT2D eigenvalue weighted by molar-refractivity contribution is 0.120. The average molecular weight is 379 g/mol. The number of carbonyl (C=O) groups excluding carboxylic acids is 1. The minimum atomic E-state index is 0.0272. The Labute approximate surface area is 156 Å². The van der Waals surface area contributed by atoms with Gasteiger partial charge < -0.3 is 10.2 Å². The van der Waals surface area contributed by atoms with Crippen molar-refractivity contribution < 1.29 is 4.79 Å². The topological polar surface area (TPSA) is 50.2 Å². The molecule has 5 nitrogen and oxygen atoms in total. The summed E-state index contributed by atoms with van der Waals surface area (Å²) in [4.78, 5) is 14.7. The van der Waals surface area contributed by atoms with Crippen molar-refractivity contribution in [3.8, 4) is 0 Å². The summed E-state index contributed by atoms with van der Waals surface area (Å²) in [6, 6.07) is 8.45. The molecule has 2 saturated heterocycles. The van der Waals surface area contributed by atoms with Crippen molar-refractivity contribution in [3.05, 3.63) is 52.3 Å². The molecule has 3 heterocycles. The number of carbonyl (C=O) groups is 1. The Morgan fingerprint density at radius 1 is 1.08 bits per heavy atom. The van der Waals surface area contributed by atoms with Gasteiger partial charge in [0.2, 0.25) is 0 Å². The van der Waals surface area contributed by atoms with Crippen molar-refractivity contribution >= 4 is 29.2 Å². The third-order valence-electron chi connectivity index (χ3n) is 5.24. The van der Waals surface area contributed by atoms with Crippen LogP contribution in [-0.2, 0) is 6.54 Å². The molecule has 2 bridgehead atoms. The zero-order valence-electron chi connectivity index (χ0n) is 13.7. The molecule has 2 aliphatic heterocycles. The first kappa shape index (κ1) is 16.7. The summed E-state index contributed by atoms with van der Waals surface area (Å²) in [5.74, 6) is 0. The van der Waals surface area contributed by atoms with Gasteiger partial charge in [-0.2, -0.15) is 5.10 Å². The van der Waals surface area contributed by atoms with Crippen LogP contribution in [-0.4, -0.2) is 32.8 Å². The van der Waals surface area contributed by atoms with E-state index >= 15 is 0 Å². The number of rotatable bonds is 3. The molecule has 2 atom stereocenters. The van der Waals surface area contributed by atoms with Gasteiger partial charge in [0.15, 0.2) is 0 Å². The van der Waals surface area contributed by atoms with E-state index in [-0.39, 0.29) is 18.1 Å². The third kappa shape index (κ3) is 3.48. The molecule has 0 spiro atoms. The Hall–Kier alpha value is -1.72. The number of hydrogen-bond acceptors (Lipinski definition) is 2. The molecule has 1 aromatic heterocycles. The Kier molecular flexibility index (Phi) is 4.61. The molecule has 0 radical (unpaired) electrons. The monoisotopic (exact) mass is 378 g/mol. The van der Waals surface area contributed by atoms with Gasteiger partial charge in [-0.05, 0) is 43.4 Å². The molecule has 0 aliphatic carbocycles. The fourth-order valence-electron chi connectivity index (χ4n) is 4.08. The van der Waals surface area contributed by atoms with Crippen LogP contribution in [0, 0.1) is 0 Å². The van der Waals surface area contributed by atoms with Gasteiger partial charge in [0, 0.05) is 29.8 Å². The Bertz CT molecular complexity index is 747. The van der Waals surface area contributed by atoms with Crippen molar-refractivity contribution in [2.24, 2.45) is 0 Å². The highest BCUT2D eigenvalue weighted by Gasteiger charge is 2.43. The summed E-state index contributed by atoms with van der Waals surface area (Å²) < 4.78 is 1.95. The van der Waals surface area contributed by atoms with Crippen LogP contribution in [0.3, 0.4) is 0 Å². The second-order valence-corrected chi connectivity index (χ2v) is 7.71. The maximum Gasteiger partial charge on any atom is 0.318 e. The minimum Gasteiger partial charge on any atom is -0.334 e. The van der Waals surface area contributed by atoms with Crippen LogP contribution in [0.15, 0.2) is 36.7 Å². The van der Waals surface area contributed by atoms with Crippen molar-refractivity contribution in [1.29, 1.82) is 0 Å². The van der Waals surface area contributed by atoms with Gasteiger partial charge in [-0.15, -0.1) is 0 Å². The number of amides is 2. The summed E-state index contributed by atoms with van der Waals surface area (Å²) in [6.07, 6.45) is 7.54. The van der Waals surface area contributed by atoms with E-state index in [2.05, 4.69) is 10.4 Å². The molecular formula is C18H20Cl2N4O. The summed E-state index contributed by atoms with van der Waals surface area (Å²) in [7, 11) is 0. The number of nitrogens with zero attached hydrogens (tertiary/aromatic N) is 3. The second kappa shape index (κ2) is 6.89. The molecule has 0 saturated carbocycles. The number of urea groups is 1. The molecule has 2 fully saturated rings. The van der Waals surface area contributed by atoms with Crippen molar-refractivity contribution in [1.82, 2.24) is 20.0 Å². The van der Waals surface area contributed by atoms with Crippen LogP contribution in [0.5, 0.6) is 0 Å². The van der Waals surface area contributed by atoms with Gasteiger partial charge >= 0.3 is 6.03 Å². The second-order valence-electron chi connectivity index (χ2n) is 6.84. The van der Waals surface area contributed by atoms with Crippen LogP contribution >= 0.6 is 23.2 Å². The molecule has 2 amide bonds. The number of aromatic nitrogens is 2. The zero-order valence-corrected chi connectivity index (χ0v) is 15.2. The first-order valence-corrected chi connectivity index (χ1v) is 9.36. The molecule has 25 heavy (non-hydrogen) atoms. The Morgan fingerprint density at radius 3 is 2.36 bits per heavy atom. The van der Waals surface area contributed by atoms with Crippen LogP contribution in [0.1, 0.15) is 37.3 Å². The SMILES string of the molecule is O=C(NCc1ccc(Cl)cc1)N1C2CCC1CC(n1cc(Cl)cn1)C2. The van der Waals surface area contributed by atoms with Crippen molar-refractivity contribution in [2.75, 3.05) is 0 Å². The zero-order chi connectivity index (χ0) is 17.4. The number of halogens is 2. The predicted molar refractivity (Wildman–Crippen MR) is 97.8 cm³/mol. The maximum absolute atomic E-state index is 12.7. The van der Waals surface area contributed by atoms with E-state index < -0.39 is 0 Å². The van der Waals surface area contributed by atoms with Crippen molar-refractivity contribution in [3.63, 3.8) is 0 Å². The number of benzene rings is 1. The Balaban J connectivity index is 1.38. The van der Waals surface area contributed by atoms with Crippen molar-refractivity contribution in [2.45, 2.75) is 50.4 Å². The summed E-state index contributed by atoms with van der Waals surface area (Å²) in [5.41, 5.74) is 1.05. The average Bonchev–Trinajstić information content (AvgIpc) is 3.15. The fraction of sp³-hybridized carbons (Fsp3) is 0.444. The molecular weight excluding hydrogens is 359 g/mol. The van der Waals surface area contributed by atoms with E-state index in [0.717, 1.165) is 31.2 Å². The standard InChI is InChI=1S/C18H20Cl2N4O/c19-13-3-1-12(2-4-13)9-21-18(25)24-15-5-6-16(24)8-17(7-15)23-11-14(20)10-22-23/h1-4,10-11,15-17H,5-9H2,(H,21,25). The van der Waals surface area contributed by atoms with Crippen LogP contribution in [0.4, 0.5) is 4.79 Å². The van der Waals surface area contributed by atoms with E-state index in [4.69, 9.17) is 23.2 Å². The number of fused-ring (bicyclic) bond motifs is 2. The first-order chi connectivity index (χ1) is 12.1. The summed E-state index contributed by atoms with van der Waals surface area (Å²) in [6.45, 7) is 0.518. The van der Waals surface area contributed by atoms with Gasteiger partial charge in [-0.3, -0.25) is 4.68 Å². The third-order valence-corrected chi connectivity index (χ3v) is 5.69. The number of hydrogen-bond donors (Lipinski definition) is 1. The number of piperidine rings is 1. The lowest BCUT2D eigenvalue weighted by Crippen LogP contribution is -2.50. The fourth-order valence-corrected chi connectivity index (χ4v) is 4.35.